The lowest BCUT2D eigenvalue weighted by Gasteiger charge is -2.30. The summed E-state index contributed by atoms with van der Waals surface area (Å²) >= 11 is 0. The van der Waals surface area contributed by atoms with Crippen LogP contribution >= 0.6 is 0 Å². The Bertz CT molecular complexity index is 468. The Morgan fingerprint density at radius 2 is 2.05 bits per heavy atom. The van der Waals surface area contributed by atoms with Gasteiger partial charge in [0.2, 0.25) is 0 Å². The molecule has 0 bridgehead atoms. The lowest BCUT2D eigenvalue weighted by Crippen LogP contribution is -2.38. The number of nitrogens with zero attached hydrogens (tertiary/aromatic N) is 1. The maximum atomic E-state index is 11.3. The molecule has 0 aliphatic carbocycles. The van der Waals surface area contributed by atoms with Gasteiger partial charge < -0.3 is 15.3 Å². The van der Waals surface area contributed by atoms with Gasteiger partial charge in [-0.3, -0.25) is 0 Å². The molecular formula is C16H24N2O2. The van der Waals surface area contributed by atoms with Gasteiger partial charge >= 0.3 is 5.97 Å². The topological polar surface area (TPSA) is 52.6 Å². The first kappa shape index (κ1) is 14.9. The van der Waals surface area contributed by atoms with Crippen LogP contribution in [0.4, 0.5) is 5.69 Å². The number of aromatic carboxylic acids is 1. The van der Waals surface area contributed by atoms with Crippen molar-refractivity contribution in [2.24, 2.45) is 0 Å². The summed E-state index contributed by atoms with van der Waals surface area (Å²) < 4.78 is 0. The molecular weight excluding hydrogens is 252 g/mol. The molecule has 0 radical (unpaired) electrons. The van der Waals surface area contributed by atoms with Gasteiger partial charge in [-0.05, 0) is 51.4 Å². The fraction of sp³-hybridized carbons (Fsp3) is 0.562. The summed E-state index contributed by atoms with van der Waals surface area (Å²) in [5.74, 6) is -0.874. The summed E-state index contributed by atoms with van der Waals surface area (Å²) in [6.07, 6.45) is 3.88. The standard InChI is InChI=1S/C16H24N2O2/c1-12-7-6-8-14(16(19)20)15(12)17-13(2)11-18-9-4-3-5-10-18/h6-8,13,17H,3-5,9-11H2,1-2H3,(H,19,20). The minimum Gasteiger partial charge on any atom is -0.478 e. The molecule has 110 valence electrons. The van der Waals surface area contributed by atoms with E-state index >= 15 is 0 Å². The molecule has 20 heavy (non-hydrogen) atoms. The van der Waals surface area contributed by atoms with Crippen LogP contribution in [0.25, 0.3) is 0 Å². The molecule has 2 N–H and O–H groups in total. The predicted molar refractivity (Wildman–Crippen MR) is 81.5 cm³/mol. The molecule has 0 saturated carbocycles. The number of carbonyl (C=O) groups is 1. The highest BCUT2D eigenvalue weighted by molar-refractivity contribution is 5.95. The Hall–Kier alpha value is -1.55. The van der Waals surface area contributed by atoms with Gasteiger partial charge in [0.05, 0.1) is 11.3 Å². The number of hydrogen-bond acceptors (Lipinski definition) is 3. The predicted octanol–water partition coefficient (Wildman–Crippen LogP) is 2.98. The Balaban J connectivity index is 2.03. The fourth-order valence-electron chi connectivity index (χ4n) is 2.86. The molecule has 4 nitrogen and oxygen atoms in total. The van der Waals surface area contributed by atoms with Crippen molar-refractivity contribution in [1.29, 1.82) is 0 Å². The molecule has 1 saturated heterocycles. The van der Waals surface area contributed by atoms with E-state index in [1.807, 2.05) is 13.0 Å². The van der Waals surface area contributed by atoms with Gasteiger partial charge in [0.15, 0.2) is 0 Å². The third kappa shape index (κ3) is 3.73. The van der Waals surface area contributed by atoms with E-state index in [1.165, 1.54) is 19.3 Å². The second kappa shape index (κ2) is 6.75. The molecule has 1 fully saturated rings. The minimum absolute atomic E-state index is 0.243. The van der Waals surface area contributed by atoms with Gasteiger partial charge in [-0.15, -0.1) is 0 Å². The third-order valence-electron chi connectivity index (χ3n) is 3.87. The number of likely N-dealkylation sites (tertiary alicyclic amines) is 1. The van der Waals surface area contributed by atoms with Crippen molar-refractivity contribution in [3.8, 4) is 0 Å². The number of benzene rings is 1. The Kier molecular flexibility index (Phi) is 5.01. The molecule has 1 aliphatic heterocycles. The monoisotopic (exact) mass is 276 g/mol. The molecule has 1 unspecified atom stereocenters. The maximum absolute atomic E-state index is 11.3. The number of para-hydroxylation sites is 1. The van der Waals surface area contributed by atoms with Gasteiger partial charge in [-0.25, -0.2) is 4.79 Å². The normalized spacial score (nSPS) is 17.7. The van der Waals surface area contributed by atoms with Crippen LogP contribution in [-0.2, 0) is 0 Å². The molecule has 0 aromatic heterocycles. The lowest BCUT2D eigenvalue weighted by atomic mass is 10.1. The summed E-state index contributed by atoms with van der Waals surface area (Å²) in [6.45, 7) is 7.35. The Morgan fingerprint density at radius 1 is 1.35 bits per heavy atom. The van der Waals surface area contributed by atoms with Gasteiger partial charge in [-0.1, -0.05) is 18.6 Å². The Labute approximate surface area is 120 Å². The molecule has 1 aliphatic rings. The first-order valence-electron chi connectivity index (χ1n) is 7.39. The number of carboxylic acids is 1. The molecule has 0 spiro atoms. The fourth-order valence-corrected chi connectivity index (χ4v) is 2.86. The molecule has 1 heterocycles. The average Bonchev–Trinajstić information content (AvgIpc) is 2.42. The van der Waals surface area contributed by atoms with Crippen LogP contribution < -0.4 is 5.32 Å². The molecule has 2 rings (SSSR count). The SMILES string of the molecule is Cc1cccc(C(=O)O)c1NC(C)CN1CCCCC1. The van der Waals surface area contributed by atoms with E-state index in [2.05, 4.69) is 17.1 Å². The van der Waals surface area contributed by atoms with Crippen LogP contribution in [0.3, 0.4) is 0 Å². The van der Waals surface area contributed by atoms with Crippen molar-refractivity contribution < 1.29 is 9.90 Å². The van der Waals surface area contributed by atoms with Crippen molar-refractivity contribution >= 4 is 11.7 Å². The largest absolute Gasteiger partial charge is 0.478 e. The van der Waals surface area contributed by atoms with E-state index in [0.29, 0.717) is 5.56 Å². The number of carboxylic acid groups (broad SMARTS) is 1. The number of anilines is 1. The first-order valence-corrected chi connectivity index (χ1v) is 7.39. The molecule has 1 aromatic carbocycles. The van der Waals surface area contributed by atoms with Crippen LogP contribution in [0.5, 0.6) is 0 Å². The highest BCUT2D eigenvalue weighted by atomic mass is 16.4. The van der Waals surface area contributed by atoms with Crippen molar-refractivity contribution in [2.75, 3.05) is 25.0 Å². The highest BCUT2D eigenvalue weighted by Crippen LogP contribution is 2.22. The quantitative estimate of drug-likeness (QED) is 0.868. The van der Waals surface area contributed by atoms with Crippen molar-refractivity contribution in [2.45, 2.75) is 39.2 Å². The number of aryl methyl sites for hydroxylation is 1. The van der Waals surface area contributed by atoms with E-state index in [1.54, 1.807) is 12.1 Å². The molecule has 1 atom stereocenters. The number of rotatable bonds is 5. The van der Waals surface area contributed by atoms with Crippen LogP contribution in [-0.4, -0.2) is 41.7 Å². The number of nitrogens with one attached hydrogen (secondary N) is 1. The van der Waals surface area contributed by atoms with Crippen LogP contribution in [0.2, 0.25) is 0 Å². The van der Waals surface area contributed by atoms with Crippen molar-refractivity contribution in [1.82, 2.24) is 4.90 Å². The first-order chi connectivity index (χ1) is 9.58. The van der Waals surface area contributed by atoms with Gasteiger partial charge in [-0.2, -0.15) is 0 Å². The summed E-state index contributed by atoms with van der Waals surface area (Å²) in [7, 11) is 0. The zero-order valence-electron chi connectivity index (χ0n) is 12.4. The Morgan fingerprint density at radius 3 is 2.70 bits per heavy atom. The van der Waals surface area contributed by atoms with Crippen LogP contribution in [0.15, 0.2) is 18.2 Å². The second-order valence-corrected chi connectivity index (χ2v) is 5.71. The van der Waals surface area contributed by atoms with E-state index in [0.717, 1.165) is 30.9 Å². The summed E-state index contributed by atoms with van der Waals surface area (Å²) in [4.78, 5) is 13.8. The van der Waals surface area contributed by atoms with E-state index in [-0.39, 0.29) is 6.04 Å². The van der Waals surface area contributed by atoms with Gasteiger partial charge in [0.1, 0.15) is 0 Å². The summed E-state index contributed by atoms with van der Waals surface area (Å²) in [5.41, 5.74) is 2.09. The van der Waals surface area contributed by atoms with E-state index in [9.17, 15) is 9.90 Å². The summed E-state index contributed by atoms with van der Waals surface area (Å²) in [5, 5.41) is 12.7. The zero-order valence-corrected chi connectivity index (χ0v) is 12.4. The number of piperidine rings is 1. The molecule has 1 aromatic rings. The number of hydrogen-bond donors (Lipinski definition) is 2. The smallest absolute Gasteiger partial charge is 0.337 e. The van der Waals surface area contributed by atoms with Crippen LogP contribution in [0.1, 0.15) is 42.1 Å². The van der Waals surface area contributed by atoms with Gasteiger partial charge in [0.25, 0.3) is 0 Å². The van der Waals surface area contributed by atoms with Crippen molar-refractivity contribution in [3.63, 3.8) is 0 Å². The van der Waals surface area contributed by atoms with E-state index < -0.39 is 5.97 Å². The summed E-state index contributed by atoms with van der Waals surface area (Å²) in [6, 6.07) is 5.64. The zero-order chi connectivity index (χ0) is 14.5. The second-order valence-electron chi connectivity index (χ2n) is 5.71. The third-order valence-corrected chi connectivity index (χ3v) is 3.87. The lowest BCUT2D eigenvalue weighted by molar-refractivity contribution is 0.0698. The average molecular weight is 276 g/mol. The highest BCUT2D eigenvalue weighted by Gasteiger charge is 2.17. The van der Waals surface area contributed by atoms with Gasteiger partial charge in [0, 0.05) is 12.6 Å². The molecule has 0 amide bonds. The molecule has 4 heteroatoms. The maximum Gasteiger partial charge on any atom is 0.337 e. The minimum atomic E-state index is -0.874. The van der Waals surface area contributed by atoms with Crippen molar-refractivity contribution in [3.05, 3.63) is 29.3 Å². The van der Waals surface area contributed by atoms with Crippen LogP contribution in [0, 0.1) is 6.92 Å². The van der Waals surface area contributed by atoms with E-state index in [4.69, 9.17) is 0 Å².